The number of aliphatic hydroxyl groups excluding tert-OH is 1. The Kier molecular flexibility index (Phi) is 10.1. The van der Waals surface area contributed by atoms with E-state index in [1.54, 1.807) is 6.08 Å². The summed E-state index contributed by atoms with van der Waals surface area (Å²) in [6.45, 7) is 5.90. The number of fused-ring (bicyclic) bond motifs is 1. The molecule has 0 amide bonds. The van der Waals surface area contributed by atoms with Gasteiger partial charge in [-0.2, -0.15) is 0 Å². The van der Waals surface area contributed by atoms with Gasteiger partial charge < -0.3 is 19.7 Å². The van der Waals surface area contributed by atoms with E-state index in [0.717, 1.165) is 32.1 Å². The lowest BCUT2D eigenvalue weighted by molar-refractivity contribution is -0.140. The molecular formula is C23H37IO5. The zero-order chi connectivity index (χ0) is 21.4. The van der Waals surface area contributed by atoms with Gasteiger partial charge in [-0.3, -0.25) is 4.79 Å². The lowest BCUT2D eigenvalue weighted by atomic mass is 9.87. The van der Waals surface area contributed by atoms with Crippen LogP contribution in [-0.2, 0) is 14.3 Å². The summed E-state index contributed by atoms with van der Waals surface area (Å²) >= 11 is 2.43. The molecule has 2 rings (SSSR count). The Balaban J connectivity index is 1.87. The van der Waals surface area contributed by atoms with Crippen molar-refractivity contribution in [1.29, 1.82) is 0 Å². The highest BCUT2D eigenvalue weighted by Crippen LogP contribution is 2.46. The Hall–Kier alpha value is -0.440. The number of hydrogen-bond donors (Lipinski definition) is 2. The van der Waals surface area contributed by atoms with Crippen molar-refractivity contribution in [2.24, 2.45) is 11.8 Å². The first-order chi connectivity index (χ1) is 13.8. The fraction of sp³-hybridized carbons (Fsp3) is 0.783. The van der Waals surface area contributed by atoms with Crippen molar-refractivity contribution >= 4 is 28.6 Å². The van der Waals surface area contributed by atoms with E-state index < -0.39 is 5.60 Å². The van der Waals surface area contributed by atoms with Gasteiger partial charge in [-0.25, -0.2) is 0 Å². The third-order valence-corrected chi connectivity index (χ3v) is 7.83. The maximum Gasteiger partial charge on any atom is 0.305 e. The van der Waals surface area contributed by atoms with E-state index in [2.05, 4.69) is 42.2 Å². The summed E-state index contributed by atoms with van der Waals surface area (Å²) in [5.74, 6) is 0.227. The van der Waals surface area contributed by atoms with Crippen LogP contribution in [0.5, 0.6) is 0 Å². The quantitative estimate of drug-likeness (QED) is 0.173. The van der Waals surface area contributed by atoms with Crippen molar-refractivity contribution in [1.82, 2.24) is 0 Å². The highest BCUT2D eigenvalue weighted by Gasteiger charge is 2.49. The van der Waals surface area contributed by atoms with Gasteiger partial charge in [-0.15, -0.1) is 6.58 Å². The van der Waals surface area contributed by atoms with Crippen molar-refractivity contribution in [2.45, 2.75) is 92.5 Å². The summed E-state index contributed by atoms with van der Waals surface area (Å²) < 4.78 is 11.3. The second-order valence-electron chi connectivity index (χ2n) is 8.52. The van der Waals surface area contributed by atoms with Crippen LogP contribution in [0, 0.1) is 11.8 Å². The number of esters is 1. The number of alkyl halides is 1. The Morgan fingerprint density at radius 2 is 2.17 bits per heavy atom. The normalized spacial score (nSPS) is 32.1. The van der Waals surface area contributed by atoms with Crippen LogP contribution in [-0.4, -0.2) is 51.1 Å². The molecule has 0 aromatic carbocycles. The van der Waals surface area contributed by atoms with Crippen LogP contribution in [0.4, 0.5) is 0 Å². The standard InChI is InChI=1S/C23H37IO5/c1-4-6-12-23(27,5-2)13-8-9-16-17-14-21(29-20(17)15-19(16)25)18(24)10-7-11-22(26)28-3/h5,8-9,16-21,25,27H,2,4,6-7,10-15H2,1,3H3/t16-,17-,18?,19-,20-,21-,23?/m1/s1. The number of unbranched alkanes of at least 4 members (excludes halogenated alkanes) is 1. The summed E-state index contributed by atoms with van der Waals surface area (Å²) in [5.41, 5.74) is -0.864. The smallest absolute Gasteiger partial charge is 0.305 e. The topological polar surface area (TPSA) is 76.0 Å². The number of hydrogen-bond acceptors (Lipinski definition) is 5. The summed E-state index contributed by atoms with van der Waals surface area (Å²) in [6, 6.07) is 0. The van der Waals surface area contributed by atoms with Gasteiger partial charge in [0, 0.05) is 22.7 Å². The van der Waals surface area contributed by atoms with Crippen LogP contribution in [0.2, 0.25) is 0 Å². The van der Waals surface area contributed by atoms with Crippen LogP contribution in [0.15, 0.2) is 24.8 Å². The van der Waals surface area contributed by atoms with Gasteiger partial charge in [0.25, 0.3) is 0 Å². The largest absolute Gasteiger partial charge is 0.469 e. The van der Waals surface area contributed by atoms with Crippen LogP contribution < -0.4 is 0 Å². The second-order valence-corrected chi connectivity index (χ2v) is 10.1. The van der Waals surface area contributed by atoms with E-state index in [-0.39, 0.29) is 30.2 Å². The van der Waals surface area contributed by atoms with E-state index in [0.29, 0.717) is 35.5 Å². The zero-order valence-corrected chi connectivity index (χ0v) is 19.9. The number of rotatable bonds is 12. The summed E-state index contributed by atoms with van der Waals surface area (Å²) in [4.78, 5) is 11.3. The number of carbonyl (C=O) groups is 1. The summed E-state index contributed by atoms with van der Waals surface area (Å²) in [7, 11) is 1.42. The van der Waals surface area contributed by atoms with Crippen LogP contribution in [0.3, 0.4) is 0 Å². The highest BCUT2D eigenvalue weighted by atomic mass is 127. The Morgan fingerprint density at radius 3 is 2.83 bits per heavy atom. The van der Waals surface area contributed by atoms with E-state index in [1.165, 1.54) is 7.11 Å². The monoisotopic (exact) mass is 520 g/mol. The summed E-state index contributed by atoms with van der Waals surface area (Å²) in [6.07, 6.45) is 12.7. The molecule has 6 heteroatoms. The first-order valence-electron chi connectivity index (χ1n) is 10.9. The van der Waals surface area contributed by atoms with Crippen molar-refractivity contribution in [3.8, 4) is 0 Å². The van der Waals surface area contributed by atoms with Crippen molar-refractivity contribution in [3.05, 3.63) is 24.8 Å². The van der Waals surface area contributed by atoms with E-state index in [4.69, 9.17) is 9.47 Å². The molecule has 5 nitrogen and oxygen atoms in total. The predicted molar refractivity (Wildman–Crippen MR) is 123 cm³/mol. The first-order valence-corrected chi connectivity index (χ1v) is 12.1. The molecular weight excluding hydrogens is 483 g/mol. The minimum atomic E-state index is -0.864. The molecule has 1 aliphatic carbocycles. The van der Waals surface area contributed by atoms with Gasteiger partial charge in [0.15, 0.2) is 0 Å². The number of methoxy groups -OCH3 is 1. The molecule has 2 N–H and O–H groups in total. The first kappa shape index (κ1) is 24.8. The molecule has 7 atom stereocenters. The molecule has 0 spiro atoms. The van der Waals surface area contributed by atoms with Gasteiger partial charge in [0.1, 0.15) is 0 Å². The van der Waals surface area contributed by atoms with Crippen LogP contribution in [0.25, 0.3) is 0 Å². The molecule has 1 heterocycles. The Labute approximate surface area is 189 Å². The molecule has 29 heavy (non-hydrogen) atoms. The predicted octanol–water partition coefficient (Wildman–Crippen LogP) is 4.34. The molecule has 2 unspecified atom stereocenters. The lowest BCUT2D eigenvalue weighted by Crippen LogP contribution is -2.25. The fourth-order valence-electron chi connectivity index (χ4n) is 4.55. The molecule has 1 saturated carbocycles. The fourth-order valence-corrected chi connectivity index (χ4v) is 5.45. The molecule has 0 aromatic rings. The molecule has 166 valence electrons. The molecule has 0 radical (unpaired) electrons. The minimum Gasteiger partial charge on any atom is -0.469 e. The van der Waals surface area contributed by atoms with Crippen LogP contribution in [0.1, 0.15) is 64.7 Å². The van der Waals surface area contributed by atoms with Gasteiger partial charge in [-0.1, -0.05) is 60.6 Å². The summed E-state index contributed by atoms with van der Waals surface area (Å²) in [5, 5.41) is 21.2. The zero-order valence-electron chi connectivity index (χ0n) is 17.8. The lowest BCUT2D eigenvalue weighted by Gasteiger charge is -2.23. The number of halogens is 1. The number of ether oxygens (including phenoxy) is 2. The van der Waals surface area contributed by atoms with Gasteiger partial charge in [0.05, 0.1) is 31.0 Å². The third kappa shape index (κ3) is 7.04. The Bertz CT molecular complexity index is 565. The maximum atomic E-state index is 11.3. The van der Waals surface area contributed by atoms with E-state index >= 15 is 0 Å². The van der Waals surface area contributed by atoms with Crippen molar-refractivity contribution in [2.75, 3.05) is 7.11 Å². The number of aliphatic hydroxyl groups is 2. The molecule has 0 bridgehead atoms. The molecule has 0 aromatic heterocycles. The number of carbonyl (C=O) groups excluding carboxylic acids is 1. The Morgan fingerprint density at radius 1 is 1.41 bits per heavy atom. The molecule has 2 aliphatic rings. The van der Waals surface area contributed by atoms with E-state index in [9.17, 15) is 15.0 Å². The molecule has 2 fully saturated rings. The van der Waals surface area contributed by atoms with Gasteiger partial charge >= 0.3 is 5.97 Å². The minimum absolute atomic E-state index is 0.0731. The molecule has 1 saturated heterocycles. The second kappa shape index (κ2) is 11.8. The van der Waals surface area contributed by atoms with Gasteiger partial charge in [0.2, 0.25) is 0 Å². The van der Waals surface area contributed by atoms with Crippen molar-refractivity contribution < 1.29 is 24.5 Å². The van der Waals surface area contributed by atoms with Gasteiger partial charge in [-0.05, 0) is 38.0 Å². The molecule has 1 aliphatic heterocycles. The van der Waals surface area contributed by atoms with Crippen molar-refractivity contribution in [3.63, 3.8) is 0 Å². The third-order valence-electron chi connectivity index (χ3n) is 6.41. The average molecular weight is 520 g/mol. The van der Waals surface area contributed by atoms with Crippen LogP contribution >= 0.6 is 22.6 Å². The average Bonchev–Trinajstić information content (AvgIpc) is 3.24. The highest BCUT2D eigenvalue weighted by molar-refractivity contribution is 14.1. The SMILES string of the molecule is C=CC(O)(CC=C[C@@H]1[C@H]2C[C@H](C(I)CCCC(=O)OC)O[C@@H]2C[C@H]1O)CCCC. The van der Waals surface area contributed by atoms with E-state index in [1.807, 2.05) is 6.08 Å². The maximum absolute atomic E-state index is 11.3.